The molecular weight excluding hydrogens is 344 g/mol. The molecule has 0 amide bonds. The zero-order valence-electron chi connectivity index (χ0n) is 15.1. The average molecular weight is 369 g/mol. The minimum atomic E-state index is -3.60. The minimum Gasteiger partial charge on any atom is -0.361 e. The van der Waals surface area contributed by atoms with Gasteiger partial charge in [0.15, 0.2) is 0 Å². The van der Waals surface area contributed by atoms with Gasteiger partial charge in [-0.05, 0) is 55.5 Å². The molecule has 2 N–H and O–H groups in total. The van der Waals surface area contributed by atoms with Gasteiger partial charge in [0.25, 0.3) is 0 Å². The van der Waals surface area contributed by atoms with E-state index in [4.69, 9.17) is 0 Å². The monoisotopic (exact) mass is 368 g/mol. The van der Waals surface area contributed by atoms with Crippen LogP contribution in [0.5, 0.6) is 0 Å². The first-order valence-electron chi connectivity index (χ1n) is 8.66. The van der Waals surface area contributed by atoms with Gasteiger partial charge in [0.1, 0.15) is 0 Å². The summed E-state index contributed by atoms with van der Waals surface area (Å²) in [7, 11) is -3.60. The number of para-hydroxylation sites is 1. The van der Waals surface area contributed by atoms with E-state index in [1.54, 1.807) is 12.1 Å². The van der Waals surface area contributed by atoms with E-state index in [-0.39, 0.29) is 6.04 Å². The third kappa shape index (κ3) is 3.89. The molecule has 0 aliphatic heterocycles. The predicted octanol–water partition coefficient (Wildman–Crippen LogP) is 4.25. The summed E-state index contributed by atoms with van der Waals surface area (Å²) in [6.45, 7) is 7.49. The number of rotatable bonds is 7. The topological polar surface area (TPSA) is 62.0 Å². The van der Waals surface area contributed by atoms with Gasteiger partial charge in [-0.3, -0.25) is 0 Å². The highest BCUT2D eigenvalue weighted by molar-refractivity contribution is 7.89. The van der Waals surface area contributed by atoms with Crippen molar-refractivity contribution in [1.82, 2.24) is 9.71 Å². The standard InChI is InChI=1S/C21H24N2O2S/c1-4-7-18(13-17-14-22-20-9-6-5-8-19(17)20)23-26(24,25)21-12-15(2)10-11-16(21)3/h4-6,8-12,14,18,22-23H,1,7,13H2,2-3H3/t18-/m0/s1. The maximum atomic E-state index is 12.9. The summed E-state index contributed by atoms with van der Waals surface area (Å²) in [5.41, 5.74) is 3.81. The van der Waals surface area contributed by atoms with Crippen molar-refractivity contribution < 1.29 is 8.42 Å². The molecule has 1 atom stereocenters. The third-order valence-electron chi connectivity index (χ3n) is 4.55. The first-order valence-corrected chi connectivity index (χ1v) is 10.1. The quantitative estimate of drug-likeness (QED) is 0.613. The van der Waals surface area contributed by atoms with E-state index in [2.05, 4.69) is 16.3 Å². The van der Waals surface area contributed by atoms with Crippen molar-refractivity contribution in [3.05, 3.63) is 78.0 Å². The van der Waals surface area contributed by atoms with Crippen molar-refractivity contribution in [2.75, 3.05) is 0 Å². The summed E-state index contributed by atoms with van der Waals surface area (Å²) < 4.78 is 28.7. The SMILES string of the molecule is C=CC[C@@H](Cc1c[nH]c2ccccc12)NS(=O)(=O)c1cc(C)ccc1C. The van der Waals surface area contributed by atoms with Crippen molar-refractivity contribution in [2.24, 2.45) is 0 Å². The number of H-pyrrole nitrogens is 1. The number of aryl methyl sites for hydroxylation is 2. The van der Waals surface area contributed by atoms with E-state index in [9.17, 15) is 8.42 Å². The van der Waals surface area contributed by atoms with Crippen molar-refractivity contribution in [1.29, 1.82) is 0 Å². The predicted molar refractivity (Wildman–Crippen MR) is 107 cm³/mol. The molecule has 136 valence electrons. The van der Waals surface area contributed by atoms with Crippen LogP contribution in [0.3, 0.4) is 0 Å². The van der Waals surface area contributed by atoms with Gasteiger partial charge >= 0.3 is 0 Å². The molecule has 0 saturated carbocycles. The van der Waals surface area contributed by atoms with Gasteiger partial charge in [0, 0.05) is 23.1 Å². The van der Waals surface area contributed by atoms with Crippen LogP contribution in [0.25, 0.3) is 10.9 Å². The van der Waals surface area contributed by atoms with Gasteiger partial charge in [-0.25, -0.2) is 13.1 Å². The van der Waals surface area contributed by atoms with Crippen LogP contribution in [-0.4, -0.2) is 19.4 Å². The van der Waals surface area contributed by atoms with Crippen LogP contribution in [0.15, 0.2) is 66.2 Å². The van der Waals surface area contributed by atoms with Gasteiger partial charge in [0.05, 0.1) is 4.90 Å². The molecule has 4 nitrogen and oxygen atoms in total. The van der Waals surface area contributed by atoms with Crippen LogP contribution in [0.1, 0.15) is 23.1 Å². The van der Waals surface area contributed by atoms with Gasteiger partial charge in [-0.1, -0.05) is 36.4 Å². The van der Waals surface area contributed by atoms with E-state index in [0.29, 0.717) is 17.7 Å². The number of aromatic amines is 1. The summed E-state index contributed by atoms with van der Waals surface area (Å²) in [6.07, 6.45) is 4.86. The highest BCUT2D eigenvalue weighted by atomic mass is 32.2. The van der Waals surface area contributed by atoms with Gasteiger partial charge < -0.3 is 4.98 Å². The summed E-state index contributed by atoms with van der Waals surface area (Å²) in [6, 6.07) is 13.3. The number of nitrogens with one attached hydrogen (secondary N) is 2. The Labute approximate surface area is 155 Å². The fourth-order valence-corrected chi connectivity index (χ4v) is 4.80. The Morgan fingerprint density at radius 3 is 2.73 bits per heavy atom. The van der Waals surface area contributed by atoms with Crippen molar-refractivity contribution in [3.63, 3.8) is 0 Å². The molecule has 1 aromatic heterocycles. The van der Waals surface area contributed by atoms with Crippen LogP contribution in [-0.2, 0) is 16.4 Å². The van der Waals surface area contributed by atoms with E-state index in [0.717, 1.165) is 27.6 Å². The third-order valence-corrected chi connectivity index (χ3v) is 6.21. The Kier molecular flexibility index (Phi) is 5.30. The van der Waals surface area contributed by atoms with E-state index in [1.807, 2.05) is 56.4 Å². The molecule has 0 radical (unpaired) electrons. The Morgan fingerprint density at radius 1 is 1.19 bits per heavy atom. The van der Waals surface area contributed by atoms with Gasteiger partial charge in [-0.15, -0.1) is 6.58 Å². The normalized spacial score (nSPS) is 13.0. The second kappa shape index (κ2) is 7.48. The van der Waals surface area contributed by atoms with Crippen LogP contribution in [0, 0.1) is 13.8 Å². The van der Waals surface area contributed by atoms with E-state index in [1.165, 1.54) is 0 Å². The molecule has 0 fully saturated rings. The van der Waals surface area contributed by atoms with Crippen molar-refractivity contribution >= 4 is 20.9 Å². The van der Waals surface area contributed by atoms with Gasteiger partial charge in [0.2, 0.25) is 10.0 Å². The smallest absolute Gasteiger partial charge is 0.241 e. The Hall–Kier alpha value is -2.37. The molecule has 0 bridgehead atoms. The highest BCUT2D eigenvalue weighted by Crippen LogP contribution is 2.22. The van der Waals surface area contributed by atoms with Crippen LogP contribution < -0.4 is 4.72 Å². The molecule has 0 aliphatic rings. The van der Waals surface area contributed by atoms with E-state index < -0.39 is 10.0 Å². The Morgan fingerprint density at radius 2 is 1.96 bits per heavy atom. The number of benzene rings is 2. The van der Waals surface area contributed by atoms with Crippen LogP contribution in [0.2, 0.25) is 0 Å². The molecule has 2 aromatic carbocycles. The fourth-order valence-electron chi connectivity index (χ4n) is 3.22. The summed E-state index contributed by atoms with van der Waals surface area (Å²) >= 11 is 0. The lowest BCUT2D eigenvalue weighted by Crippen LogP contribution is -2.36. The number of sulfonamides is 1. The van der Waals surface area contributed by atoms with Crippen molar-refractivity contribution in [2.45, 2.75) is 37.6 Å². The number of fused-ring (bicyclic) bond motifs is 1. The molecule has 5 heteroatoms. The number of hydrogen-bond acceptors (Lipinski definition) is 2. The van der Waals surface area contributed by atoms with Crippen molar-refractivity contribution in [3.8, 4) is 0 Å². The second-order valence-corrected chi connectivity index (χ2v) is 8.36. The lowest BCUT2D eigenvalue weighted by atomic mass is 10.0. The molecular formula is C21H24N2O2S. The molecule has 1 heterocycles. The first-order chi connectivity index (χ1) is 12.4. The largest absolute Gasteiger partial charge is 0.361 e. The molecule has 0 spiro atoms. The zero-order valence-corrected chi connectivity index (χ0v) is 15.9. The lowest BCUT2D eigenvalue weighted by Gasteiger charge is -2.18. The van der Waals surface area contributed by atoms with Crippen LogP contribution in [0.4, 0.5) is 0 Å². The molecule has 26 heavy (non-hydrogen) atoms. The highest BCUT2D eigenvalue weighted by Gasteiger charge is 2.22. The minimum absolute atomic E-state index is 0.253. The fraction of sp³-hybridized carbons (Fsp3) is 0.238. The summed E-state index contributed by atoms with van der Waals surface area (Å²) in [4.78, 5) is 3.58. The van der Waals surface area contributed by atoms with Gasteiger partial charge in [-0.2, -0.15) is 0 Å². The number of hydrogen-bond donors (Lipinski definition) is 2. The average Bonchev–Trinajstić information content (AvgIpc) is 3.00. The number of aromatic nitrogens is 1. The molecule has 3 rings (SSSR count). The molecule has 3 aromatic rings. The molecule has 0 aliphatic carbocycles. The zero-order chi connectivity index (χ0) is 18.7. The summed E-state index contributed by atoms with van der Waals surface area (Å²) in [5.74, 6) is 0. The molecule has 0 unspecified atom stereocenters. The Balaban J connectivity index is 1.88. The maximum absolute atomic E-state index is 12.9. The maximum Gasteiger partial charge on any atom is 0.241 e. The second-order valence-electron chi connectivity index (χ2n) is 6.68. The molecule has 0 saturated heterocycles. The summed E-state index contributed by atoms with van der Waals surface area (Å²) in [5, 5.41) is 1.12. The first kappa shape index (κ1) is 18.4. The van der Waals surface area contributed by atoms with E-state index >= 15 is 0 Å². The lowest BCUT2D eigenvalue weighted by molar-refractivity contribution is 0.547. The Bertz CT molecular complexity index is 1040. The van der Waals surface area contributed by atoms with Crippen LogP contribution >= 0.6 is 0 Å².